The minimum atomic E-state index is -5.96. The van der Waals surface area contributed by atoms with E-state index in [4.69, 9.17) is 0 Å². The molecule has 14 heteroatoms. The van der Waals surface area contributed by atoms with Crippen LogP contribution in [0.2, 0.25) is 0 Å². The van der Waals surface area contributed by atoms with Crippen molar-refractivity contribution in [3.63, 3.8) is 0 Å². The monoisotopic (exact) mass is 429 g/mol. The summed E-state index contributed by atoms with van der Waals surface area (Å²) in [5.74, 6) is -11.5. The average Bonchev–Trinajstić information content (AvgIpc) is 2.51. The first kappa shape index (κ1) is 24.1. The summed E-state index contributed by atoms with van der Waals surface area (Å²) >= 11 is 0. The molecule has 0 aromatic heterocycles. The number of hydrogen-bond acceptors (Lipinski definition) is 2. The zero-order valence-corrected chi connectivity index (χ0v) is 13.4. The van der Waals surface area contributed by atoms with E-state index in [1.807, 2.05) is 0 Å². The van der Waals surface area contributed by atoms with Crippen LogP contribution in [0.5, 0.6) is 0 Å². The first-order chi connectivity index (χ1) is 12.0. The Balaban J connectivity index is 2.55. The number of likely N-dealkylation sites (tertiary alicyclic amines) is 1. The zero-order chi connectivity index (χ0) is 21.3. The highest BCUT2D eigenvalue weighted by atomic mass is 19.4. The molecule has 2 atom stereocenters. The maximum Gasteiger partial charge on any atom is 0.425 e. The van der Waals surface area contributed by atoms with Gasteiger partial charge in [-0.2, -0.15) is 35.1 Å². The van der Waals surface area contributed by atoms with Gasteiger partial charge in [0.2, 0.25) is 6.30 Å². The van der Waals surface area contributed by atoms with Gasteiger partial charge in [-0.05, 0) is 12.8 Å². The summed E-state index contributed by atoms with van der Waals surface area (Å²) in [6, 6.07) is 0. The topological polar surface area (TPSA) is 12.5 Å². The fraction of sp³-hybridized carbons (Fsp3) is 1.00. The molecule has 0 bridgehead atoms. The van der Waals surface area contributed by atoms with Gasteiger partial charge in [-0.15, -0.1) is 0 Å². The summed E-state index contributed by atoms with van der Waals surface area (Å²) in [5, 5.41) is 0. The van der Waals surface area contributed by atoms with E-state index >= 15 is 0 Å². The van der Waals surface area contributed by atoms with Crippen LogP contribution in [0, 0.1) is 5.92 Å². The number of hydrogen-bond donors (Lipinski definition) is 0. The summed E-state index contributed by atoms with van der Waals surface area (Å²) in [6.07, 6.45) is -19.7. The second-order valence-corrected chi connectivity index (χ2v) is 6.11. The van der Waals surface area contributed by atoms with Crippen molar-refractivity contribution in [2.75, 3.05) is 26.3 Å². The summed E-state index contributed by atoms with van der Waals surface area (Å²) in [6.45, 7) is -5.88. The number of ether oxygens (including phenoxy) is 1. The Morgan fingerprint density at radius 2 is 1.22 bits per heavy atom. The largest absolute Gasteiger partial charge is 0.425 e. The smallest absolute Gasteiger partial charge is 0.369 e. The van der Waals surface area contributed by atoms with Gasteiger partial charge in [0.1, 0.15) is 13.2 Å². The Kier molecular flexibility index (Phi) is 7.34. The second-order valence-electron chi connectivity index (χ2n) is 6.11. The highest BCUT2D eigenvalue weighted by Gasteiger charge is 2.57. The lowest BCUT2D eigenvalue weighted by Crippen LogP contribution is -2.52. The lowest BCUT2D eigenvalue weighted by atomic mass is 9.96. The van der Waals surface area contributed by atoms with Gasteiger partial charge in [0.25, 0.3) is 6.17 Å². The first-order valence-electron chi connectivity index (χ1n) is 7.47. The van der Waals surface area contributed by atoms with E-state index in [0.717, 1.165) is 0 Å². The first-order valence-corrected chi connectivity index (χ1v) is 7.47. The van der Waals surface area contributed by atoms with Crippen molar-refractivity contribution >= 4 is 0 Å². The Bertz CT molecular complexity index is 469. The van der Waals surface area contributed by atoms with Crippen molar-refractivity contribution in [1.29, 1.82) is 0 Å². The lowest BCUT2D eigenvalue weighted by molar-refractivity contribution is -0.262. The summed E-state index contributed by atoms with van der Waals surface area (Å²) in [7, 11) is 0. The average molecular weight is 429 g/mol. The maximum absolute atomic E-state index is 13.8. The third kappa shape index (κ3) is 6.57. The molecular weight excluding hydrogens is 414 g/mol. The van der Waals surface area contributed by atoms with Gasteiger partial charge in [-0.3, -0.25) is 4.90 Å². The fourth-order valence-corrected chi connectivity index (χ4v) is 2.43. The number of rotatable bonds is 7. The molecule has 1 heterocycles. The van der Waals surface area contributed by atoms with Crippen LogP contribution in [0.1, 0.15) is 12.8 Å². The molecule has 0 N–H and O–H groups in total. The van der Waals surface area contributed by atoms with E-state index in [2.05, 4.69) is 4.74 Å². The van der Waals surface area contributed by atoms with Crippen molar-refractivity contribution in [2.45, 2.75) is 49.5 Å². The van der Waals surface area contributed by atoms with Gasteiger partial charge in [0, 0.05) is 13.1 Å². The molecule has 1 aliphatic heterocycles. The molecule has 0 aliphatic carbocycles. The molecule has 162 valence electrons. The van der Waals surface area contributed by atoms with Crippen LogP contribution in [0.15, 0.2) is 0 Å². The van der Waals surface area contributed by atoms with Crippen LogP contribution in [0.3, 0.4) is 0 Å². The number of nitrogens with zero attached hydrogens (tertiary/aromatic N) is 1. The van der Waals surface area contributed by atoms with E-state index in [-0.39, 0.29) is 0 Å². The van der Waals surface area contributed by atoms with Gasteiger partial charge in [-0.1, -0.05) is 0 Å². The third-order valence-electron chi connectivity index (χ3n) is 3.91. The van der Waals surface area contributed by atoms with E-state index in [1.54, 1.807) is 0 Å². The van der Waals surface area contributed by atoms with Crippen molar-refractivity contribution in [2.24, 2.45) is 5.92 Å². The van der Waals surface area contributed by atoms with E-state index < -0.39 is 81.7 Å². The molecule has 0 amide bonds. The highest BCUT2D eigenvalue weighted by molar-refractivity contribution is 4.86. The van der Waals surface area contributed by atoms with E-state index in [1.165, 1.54) is 0 Å². The van der Waals surface area contributed by atoms with Crippen LogP contribution in [-0.2, 0) is 4.74 Å². The predicted octanol–water partition coefficient (Wildman–Crippen LogP) is 4.74. The Morgan fingerprint density at radius 3 is 1.63 bits per heavy atom. The second kappa shape index (κ2) is 8.21. The van der Waals surface area contributed by atoms with Crippen molar-refractivity contribution < 1.29 is 57.4 Å². The van der Waals surface area contributed by atoms with Gasteiger partial charge in [0.05, 0.1) is 5.92 Å². The minimum Gasteiger partial charge on any atom is -0.369 e. The minimum absolute atomic E-state index is 0.345. The molecule has 27 heavy (non-hydrogen) atoms. The highest BCUT2D eigenvalue weighted by Crippen LogP contribution is 2.37. The molecule has 2 unspecified atom stereocenters. The lowest BCUT2D eigenvalue weighted by Gasteiger charge is -2.37. The SMILES string of the molecule is FC(N1CCC(C(F)(F)F)CC1)C(F)(F)COCC(F)(F)C(F)C(F)(F)F. The zero-order valence-electron chi connectivity index (χ0n) is 13.4. The quantitative estimate of drug-likeness (QED) is 0.428. The molecule has 0 radical (unpaired) electrons. The van der Waals surface area contributed by atoms with Gasteiger partial charge >= 0.3 is 24.2 Å². The molecule has 0 saturated carbocycles. The molecule has 2 nitrogen and oxygen atoms in total. The molecule has 1 saturated heterocycles. The van der Waals surface area contributed by atoms with Crippen LogP contribution in [0.4, 0.5) is 52.7 Å². The molecule has 1 aliphatic rings. The number of piperidine rings is 1. The van der Waals surface area contributed by atoms with Crippen molar-refractivity contribution in [3.8, 4) is 0 Å². The van der Waals surface area contributed by atoms with E-state index in [9.17, 15) is 52.7 Å². The Hall–Kier alpha value is -0.920. The van der Waals surface area contributed by atoms with Gasteiger partial charge in [0.15, 0.2) is 0 Å². The molecule has 1 fully saturated rings. The Morgan fingerprint density at radius 1 is 0.778 bits per heavy atom. The van der Waals surface area contributed by atoms with Crippen molar-refractivity contribution in [1.82, 2.24) is 4.90 Å². The molecular formula is C13H15F12NO. The van der Waals surface area contributed by atoms with Crippen LogP contribution >= 0.6 is 0 Å². The molecule has 1 rings (SSSR count). The standard InChI is InChI=1S/C13H15F12NO/c14-8(13(23,24)25)10(16,17)5-27-6-11(18,19)9(15)26-3-1-7(2-4-26)12(20,21)22/h7-9H,1-6H2. The Labute approximate surface area is 145 Å². The van der Waals surface area contributed by atoms with Gasteiger partial charge < -0.3 is 4.74 Å². The summed E-state index contributed by atoms with van der Waals surface area (Å²) in [4.78, 5) is 0.345. The maximum atomic E-state index is 13.8. The van der Waals surface area contributed by atoms with Crippen LogP contribution in [-0.4, -0.2) is 67.9 Å². The third-order valence-corrected chi connectivity index (χ3v) is 3.91. The number of alkyl halides is 12. The normalized spacial score (nSPS) is 21.3. The number of halogens is 12. The van der Waals surface area contributed by atoms with Crippen LogP contribution in [0.25, 0.3) is 0 Å². The molecule has 0 aromatic carbocycles. The van der Waals surface area contributed by atoms with E-state index in [0.29, 0.717) is 4.90 Å². The van der Waals surface area contributed by atoms with Crippen LogP contribution < -0.4 is 0 Å². The van der Waals surface area contributed by atoms with Crippen molar-refractivity contribution in [3.05, 3.63) is 0 Å². The molecule has 0 aromatic rings. The summed E-state index contributed by atoms with van der Waals surface area (Å²) < 4.78 is 156. The summed E-state index contributed by atoms with van der Waals surface area (Å²) in [5.41, 5.74) is 0. The fourth-order valence-electron chi connectivity index (χ4n) is 2.43. The predicted molar refractivity (Wildman–Crippen MR) is 66.9 cm³/mol. The molecule has 0 spiro atoms. The van der Waals surface area contributed by atoms with Gasteiger partial charge in [-0.25, -0.2) is 17.6 Å².